The minimum absolute atomic E-state index is 0.279. The van der Waals surface area contributed by atoms with Crippen LogP contribution < -0.4 is 14.8 Å². The number of para-hydroxylation sites is 1. The number of hydrogen-bond acceptors (Lipinski definition) is 5. The first-order valence-corrected chi connectivity index (χ1v) is 9.89. The van der Waals surface area contributed by atoms with E-state index in [1.165, 1.54) is 0 Å². The molecule has 0 saturated heterocycles. The summed E-state index contributed by atoms with van der Waals surface area (Å²) in [7, 11) is 3.13. The fourth-order valence-electron chi connectivity index (χ4n) is 3.19. The van der Waals surface area contributed by atoms with Gasteiger partial charge in [-0.25, -0.2) is 0 Å². The van der Waals surface area contributed by atoms with Crippen LogP contribution in [0.25, 0.3) is 21.9 Å². The average Bonchev–Trinajstić information content (AvgIpc) is 3.09. The van der Waals surface area contributed by atoms with Crippen LogP contribution in [0.5, 0.6) is 11.5 Å². The van der Waals surface area contributed by atoms with E-state index in [0.717, 1.165) is 21.3 Å². The van der Waals surface area contributed by atoms with Crippen molar-refractivity contribution >= 4 is 45.3 Å². The van der Waals surface area contributed by atoms with Gasteiger partial charge in [0.25, 0.3) is 5.91 Å². The summed E-state index contributed by atoms with van der Waals surface area (Å²) in [6.45, 7) is 0. The van der Waals surface area contributed by atoms with Crippen molar-refractivity contribution in [2.75, 3.05) is 25.8 Å². The number of ether oxygens (including phenoxy) is 2. The summed E-state index contributed by atoms with van der Waals surface area (Å²) >= 11 is 1.59. The Morgan fingerprint density at radius 2 is 1.71 bits per heavy atom. The highest BCUT2D eigenvalue weighted by molar-refractivity contribution is 7.98. The number of nitrogens with one attached hydrogen (secondary N) is 1. The summed E-state index contributed by atoms with van der Waals surface area (Å²) < 4.78 is 16.8. The molecule has 142 valence electrons. The Hall–Kier alpha value is -3.12. The van der Waals surface area contributed by atoms with Crippen LogP contribution in [-0.2, 0) is 0 Å². The normalized spacial score (nSPS) is 11.0. The zero-order valence-corrected chi connectivity index (χ0v) is 16.6. The largest absolute Gasteiger partial charge is 0.496 e. The van der Waals surface area contributed by atoms with E-state index in [0.29, 0.717) is 28.3 Å². The maximum absolute atomic E-state index is 12.9. The van der Waals surface area contributed by atoms with Gasteiger partial charge in [0.1, 0.15) is 22.7 Å². The maximum Gasteiger partial charge on any atom is 0.259 e. The molecule has 6 heteroatoms. The Kier molecular flexibility index (Phi) is 4.88. The zero-order chi connectivity index (χ0) is 19.7. The molecule has 0 aliphatic heterocycles. The lowest BCUT2D eigenvalue weighted by molar-refractivity contribution is 0.102. The third-order valence-electron chi connectivity index (χ3n) is 4.60. The maximum atomic E-state index is 12.9. The van der Waals surface area contributed by atoms with E-state index in [4.69, 9.17) is 13.9 Å². The quantitative estimate of drug-likeness (QED) is 0.449. The highest BCUT2D eigenvalue weighted by Crippen LogP contribution is 2.37. The smallest absolute Gasteiger partial charge is 0.259 e. The molecule has 4 rings (SSSR count). The molecule has 5 nitrogen and oxygen atoms in total. The van der Waals surface area contributed by atoms with Crippen molar-refractivity contribution in [3.8, 4) is 11.5 Å². The highest BCUT2D eigenvalue weighted by atomic mass is 32.2. The number of methoxy groups -OCH3 is 2. The van der Waals surface area contributed by atoms with Gasteiger partial charge >= 0.3 is 0 Å². The Balaban J connectivity index is 1.74. The Morgan fingerprint density at radius 3 is 2.46 bits per heavy atom. The fraction of sp³-hybridized carbons (Fsp3) is 0.136. The molecule has 4 aromatic rings. The Labute approximate surface area is 166 Å². The first kappa shape index (κ1) is 18.3. The Bertz CT molecular complexity index is 1180. The molecule has 0 atom stereocenters. The number of thioether (sulfide) groups is 1. The van der Waals surface area contributed by atoms with Crippen LogP contribution in [0.4, 0.5) is 5.69 Å². The molecule has 1 aromatic heterocycles. The van der Waals surface area contributed by atoms with Gasteiger partial charge in [0.2, 0.25) is 0 Å². The van der Waals surface area contributed by atoms with Gasteiger partial charge < -0.3 is 19.2 Å². The molecule has 0 saturated carbocycles. The van der Waals surface area contributed by atoms with Gasteiger partial charge in [-0.1, -0.05) is 18.2 Å². The molecular formula is C22H19NO4S. The second-order valence-electron chi connectivity index (χ2n) is 6.17. The molecule has 1 N–H and O–H groups in total. The van der Waals surface area contributed by atoms with Crippen LogP contribution in [-0.4, -0.2) is 26.4 Å². The summed E-state index contributed by atoms with van der Waals surface area (Å²) in [5.74, 6) is 0.804. The molecular weight excluding hydrogens is 374 g/mol. The van der Waals surface area contributed by atoms with E-state index in [1.807, 2.05) is 48.7 Å². The van der Waals surface area contributed by atoms with Crippen LogP contribution in [0.15, 0.2) is 63.9 Å². The number of amides is 1. The van der Waals surface area contributed by atoms with Crippen molar-refractivity contribution in [3.05, 3.63) is 60.2 Å². The molecule has 0 aliphatic carbocycles. The van der Waals surface area contributed by atoms with E-state index in [-0.39, 0.29) is 5.91 Å². The zero-order valence-electron chi connectivity index (χ0n) is 15.7. The van der Waals surface area contributed by atoms with Crippen molar-refractivity contribution in [3.63, 3.8) is 0 Å². The number of rotatable bonds is 5. The van der Waals surface area contributed by atoms with E-state index in [2.05, 4.69) is 5.32 Å². The van der Waals surface area contributed by atoms with E-state index in [1.54, 1.807) is 38.1 Å². The summed E-state index contributed by atoms with van der Waals surface area (Å²) in [5.41, 5.74) is 2.46. The van der Waals surface area contributed by atoms with Crippen LogP contribution in [0.2, 0.25) is 0 Å². The molecule has 0 unspecified atom stereocenters. The molecule has 0 fully saturated rings. The number of furan rings is 1. The van der Waals surface area contributed by atoms with Gasteiger partial charge in [-0.3, -0.25) is 4.79 Å². The Morgan fingerprint density at radius 1 is 0.929 bits per heavy atom. The molecule has 1 heterocycles. The summed E-state index contributed by atoms with van der Waals surface area (Å²) in [6, 6.07) is 17.0. The van der Waals surface area contributed by atoms with Crippen LogP contribution in [0.1, 0.15) is 10.4 Å². The predicted octanol–water partition coefficient (Wildman–Crippen LogP) is 5.58. The number of carbonyl (C=O) groups is 1. The van der Waals surface area contributed by atoms with Crippen molar-refractivity contribution < 1.29 is 18.7 Å². The van der Waals surface area contributed by atoms with Gasteiger partial charge in [-0.2, -0.15) is 0 Å². The first-order valence-electron chi connectivity index (χ1n) is 8.67. The SMILES string of the molecule is COc1cc2c(cc1NC(=O)c1ccc(SC)cc1OC)oc1ccccc12. The van der Waals surface area contributed by atoms with Gasteiger partial charge in [-0.05, 0) is 36.6 Å². The van der Waals surface area contributed by atoms with Gasteiger partial charge in [0.05, 0.1) is 25.5 Å². The number of fused-ring (bicyclic) bond motifs is 3. The fourth-order valence-corrected chi connectivity index (χ4v) is 3.62. The van der Waals surface area contributed by atoms with Crippen molar-refractivity contribution in [2.45, 2.75) is 4.90 Å². The number of carbonyl (C=O) groups excluding carboxylic acids is 1. The van der Waals surface area contributed by atoms with Crippen LogP contribution in [0, 0.1) is 0 Å². The lowest BCUT2D eigenvalue weighted by Crippen LogP contribution is -2.14. The molecule has 0 radical (unpaired) electrons. The monoisotopic (exact) mass is 393 g/mol. The highest BCUT2D eigenvalue weighted by Gasteiger charge is 2.17. The minimum atomic E-state index is -0.279. The van der Waals surface area contributed by atoms with Crippen LogP contribution >= 0.6 is 11.8 Å². The van der Waals surface area contributed by atoms with E-state index >= 15 is 0 Å². The third kappa shape index (κ3) is 3.16. The van der Waals surface area contributed by atoms with Gasteiger partial charge in [0.15, 0.2) is 0 Å². The average molecular weight is 393 g/mol. The van der Waals surface area contributed by atoms with E-state index in [9.17, 15) is 4.79 Å². The number of benzene rings is 3. The lowest BCUT2D eigenvalue weighted by atomic mass is 10.1. The van der Waals surface area contributed by atoms with Crippen molar-refractivity contribution in [2.24, 2.45) is 0 Å². The first-order chi connectivity index (χ1) is 13.6. The lowest BCUT2D eigenvalue weighted by Gasteiger charge is -2.13. The van der Waals surface area contributed by atoms with Gasteiger partial charge in [-0.15, -0.1) is 11.8 Å². The number of hydrogen-bond donors (Lipinski definition) is 1. The molecule has 28 heavy (non-hydrogen) atoms. The summed E-state index contributed by atoms with van der Waals surface area (Å²) in [5, 5.41) is 4.86. The third-order valence-corrected chi connectivity index (χ3v) is 5.33. The molecule has 0 spiro atoms. The predicted molar refractivity (Wildman–Crippen MR) is 113 cm³/mol. The van der Waals surface area contributed by atoms with E-state index < -0.39 is 0 Å². The van der Waals surface area contributed by atoms with Gasteiger partial charge in [0, 0.05) is 21.7 Å². The van der Waals surface area contributed by atoms with Crippen LogP contribution in [0.3, 0.4) is 0 Å². The molecule has 1 amide bonds. The van der Waals surface area contributed by atoms with Crippen molar-refractivity contribution in [1.29, 1.82) is 0 Å². The number of anilines is 1. The molecule has 3 aromatic carbocycles. The second-order valence-corrected chi connectivity index (χ2v) is 7.05. The minimum Gasteiger partial charge on any atom is -0.496 e. The summed E-state index contributed by atoms with van der Waals surface area (Å²) in [4.78, 5) is 13.9. The molecule has 0 bridgehead atoms. The summed E-state index contributed by atoms with van der Waals surface area (Å²) in [6.07, 6.45) is 1.97. The topological polar surface area (TPSA) is 60.7 Å². The second kappa shape index (κ2) is 7.48. The van der Waals surface area contributed by atoms with Crippen molar-refractivity contribution in [1.82, 2.24) is 0 Å². The standard InChI is InChI=1S/C22H19NO4S/c1-25-19-10-13(28-3)8-9-15(19)22(24)23-17-12-20-16(11-21(17)26-2)14-6-4-5-7-18(14)27-20/h4-12H,1-3H3,(H,23,24). The molecule has 0 aliphatic rings.